The van der Waals surface area contributed by atoms with E-state index in [4.69, 9.17) is 4.74 Å². The van der Waals surface area contributed by atoms with Crippen LogP contribution in [0.3, 0.4) is 0 Å². The molecule has 0 saturated carbocycles. The highest BCUT2D eigenvalue weighted by molar-refractivity contribution is 7.16. The summed E-state index contributed by atoms with van der Waals surface area (Å²) in [6.45, 7) is 1.23. The Hall–Kier alpha value is -3.64. The number of hydrogen-bond acceptors (Lipinski definition) is 6. The number of aromatic nitrogens is 2. The lowest BCUT2D eigenvalue weighted by atomic mass is 10.0. The standard InChI is InChI=1S/C23H23N5O3S/c1-31-17-4-2-3-16(11-17)5-6-21(29)26-23-19(12-24)18-7-9-28(13-20(18)32-23)22(30)14-27-10-8-25-15-27/h2-4,8,10-11,15H,5-7,9,13-14H2,1H3,(H,26,29). The minimum atomic E-state index is -0.143. The van der Waals surface area contributed by atoms with Crippen LogP contribution >= 0.6 is 11.3 Å². The third-order valence-corrected chi connectivity index (χ3v) is 6.56. The Bertz CT molecular complexity index is 1160. The van der Waals surface area contributed by atoms with E-state index < -0.39 is 0 Å². The maximum atomic E-state index is 12.6. The van der Waals surface area contributed by atoms with E-state index in [1.165, 1.54) is 11.3 Å². The normalized spacial score (nSPS) is 12.7. The van der Waals surface area contributed by atoms with Gasteiger partial charge in [-0.1, -0.05) is 12.1 Å². The van der Waals surface area contributed by atoms with Gasteiger partial charge < -0.3 is 19.5 Å². The number of benzene rings is 1. The number of ether oxygens (including phenoxy) is 1. The molecule has 0 spiro atoms. The topological polar surface area (TPSA) is 100 Å². The van der Waals surface area contributed by atoms with Gasteiger partial charge in [-0.25, -0.2) is 4.98 Å². The van der Waals surface area contributed by atoms with E-state index in [0.717, 1.165) is 21.8 Å². The molecule has 1 N–H and O–H groups in total. The summed E-state index contributed by atoms with van der Waals surface area (Å²) in [7, 11) is 1.61. The molecule has 1 aliphatic heterocycles. The Balaban J connectivity index is 1.40. The van der Waals surface area contributed by atoms with Crippen LogP contribution in [0.1, 0.15) is 28.0 Å². The average molecular weight is 450 g/mol. The lowest BCUT2D eigenvalue weighted by molar-refractivity contribution is -0.132. The Labute approximate surface area is 190 Å². The monoisotopic (exact) mass is 449 g/mol. The first-order valence-corrected chi connectivity index (χ1v) is 11.1. The van der Waals surface area contributed by atoms with Crippen molar-refractivity contribution in [1.29, 1.82) is 5.26 Å². The first kappa shape index (κ1) is 21.6. The number of thiophene rings is 1. The smallest absolute Gasteiger partial charge is 0.242 e. The van der Waals surface area contributed by atoms with Crippen LogP contribution in [0.2, 0.25) is 0 Å². The third-order valence-electron chi connectivity index (χ3n) is 5.43. The molecule has 3 heterocycles. The number of nitriles is 1. The van der Waals surface area contributed by atoms with E-state index in [-0.39, 0.29) is 18.4 Å². The van der Waals surface area contributed by atoms with Crippen molar-refractivity contribution in [3.05, 3.63) is 64.6 Å². The highest BCUT2D eigenvalue weighted by Gasteiger charge is 2.27. The quantitative estimate of drug-likeness (QED) is 0.598. The summed E-state index contributed by atoms with van der Waals surface area (Å²) in [5.41, 5.74) is 2.46. The average Bonchev–Trinajstić information content (AvgIpc) is 3.44. The largest absolute Gasteiger partial charge is 0.497 e. The predicted molar refractivity (Wildman–Crippen MR) is 120 cm³/mol. The van der Waals surface area contributed by atoms with E-state index in [1.54, 1.807) is 35.3 Å². The summed E-state index contributed by atoms with van der Waals surface area (Å²) < 4.78 is 6.96. The van der Waals surface area contributed by atoms with Gasteiger partial charge in [0.15, 0.2) is 0 Å². The summed E-state index contributed by atoms with van der Waals surface area (Å²) in [5.74, 6) is 0.619. The van der Waals surface area contributed by atoms with Crippen molar-refractivity contribution in [2.24, 2.45) is 0 Å². The molecule has 0 radical (unpaired) electrons. The summed E-state index contributed by atoms with van der Waals surface area (Å²) in [4.78, 5) is 31.9. The predicted octanol–water partition coefficient (Wildman–Crippen LogP) is 2.98. The Morgan fingerprint density at radius 1 is 1.38 bits per heavy atom. The van der Waals surface area contributed by atoms with E-state index in [0.29, 0.717) is 42.9 Å². The molecule has 9 heteroatoms. The molecule has 0 fully saturated rings. The second-order valence-corrected chi connectivity index (χ2v) is 8.62. The lowest BCUT2D eigenvalue weighted by Crippen LogP contribution is -2.37. The van der Waals surface area contributed by atoms with E-state index in [1.807, 2.05) is 24.3 Å². The van der Waals surface area contributed by atoms with Crippen LogP contribution in [0, 0.1) is 11.3 Å². The number of imidazole rings is 1. The summed E-state index contributed by atoms with van der Waals surface area (Å²) in [6, 6.07) is 9.87. The molecule has 0 atom stereocenters. The molecule has 8 nitrogen and oxygen atoms in total. The van der Waals surface area contributed by atoms with Crippen LogP contribution in [0.4, 0.5) is 5.00 Å². The molecule has 0 saturated heterocycles. The van der Waals surface area contributed by atoms with Crippen molar-refractivity contribution in [2.75, 3.05) is 19.0 Å². The molecule has 164 valence electrons. The highest BCUT2D eigenvalue weighted by atomic mass is 32.1. The Kier molecular flexibility index (Phi) is 6.52. The zero-order chi connectivity index (χ0) is 22.5. The van der Waals surface area contributed by atoms with Crippen molar-refractivity contribution in [3.63, 3.8) is 0 Å². The van der Waals surface area contributed by atoms with Gasteiger partial charge in [0.1, 0.15) is 23.4 Å². The van der Waals surface area contributed by atoms with Crippen LogP contribution in [0.25, 0.3) is 0 Å². The van der Waals surface area contributed by atoms with E-state index >= 15 is 0 Å². The zero-order valence-corrected chi connectivity index (χ0v) is 18.5. The van der Waals surface area contributed by atoms with Crippen molar-refractivity contribution in [2.45, 2.75) is 32.4 Å². The van der Waals surface area contributed by atoms with Crippen LogP contribution in [-0.2, 0) is 35.5 Å². The minimum absolute atomic E-state index is 0.00410. The molecule has 0 unspecified atom stereocenters. The van der Waals surface area contributed by atoms with E-state index in [9.17, 15) is 14.9 Å². The fraction of sp³-hybridized carbons (Fsp3) is 0.304. The number of nitrogens with zero attached hydrogens (tertiary/aromatic N) is 4. The van der Waals surface area contributed by atoms with Gasteiger partial charge in [0.05, 0.1) is 25.5 Å². The zero-order valence-electron chi connectivity index (χ0n) is 17.7. The number of nitrogens with one attached hydrogen (secondary N) is 1. The van der Waals surface area contributed by atoms with Gasteiger partial charge in [-0.15, -0.1) is 11.3 Å². The highest BCUT2D eigenvalue weighted by Crippen LogP contribution is 2.36. The molecular formula is C23H23N5O3S. The first-order valence-electron chi connectivity index (χ1n) is 10.3. The molecule has 32 heavy (non-hydrogen) atoms. The second kappa shape index (κ2) is 9.66. The van der Waals surface area contributed by atoms with Gasteiger partial charge in [-0.3, -0.25) is 9.59 Å². The molecule has 1 aliphatic rings. The third kappa shape index (κ3) is 4.81. The number of methoxy groups -OCH3 is 1. The number of carbonyl (C=O) groups excluding carboxylic acids is 2. The van der Waals surface area contributed by atoms with Crippen molar-refractivity contribution in [1.82, 2.24) is 14.5 Å². The van der Waals surface area contributed by atoms with Crippen molar-refractivity contribution >= 4 is 28.2 Å². The second-order valence-electron chi connectivity index (χ2n) is 7.52. The van der Waals surface area contributed by atoms with Crippen LogP contribution < -0.4 is 10.1 Å². The molecule has 4 rings (SSSR count). The van der Waals surface area contributed by atoms with Gasteiger partial charge in [-0.05, 0) is 36.1 Å². The molecule has 3 aromatic rings. The summed E-state index contributed by atoms with van der Waals surface area (Å²) in [6.07, 6.45) is 6.49. The molecule has 2 aromatic heterocycles. The Morgan fingerprint density at radius 3 is 3.00 bits per heavy atom. The summed E-state index contributed by atoms with van der Waals surface area (Å²) >= 11 is 1.38. The molecule has 1 aromatic carbocycles. The Morgan fingerprint density at radius 2 is 2.25 bits per heavy atom. The summed E-state index contributed by atoms with van der Waals surface area (Å²) in [5, 5.41) is 13.2. The van der Waals surface area contributed by atoms with E-state index in [2.05, 4.69) is 16.4 Å². The van der Waals surface area contributed by atoms with Crippen molar-refractivity contribution < 1.29 is 14.3 Å². The maximum absolute atomic E-state index is 12.6. The number of aryl methyl sites for hydroxylation is 1. The van der Waals surface area contributed by atoms with Gasteiger partial charge >= 0.3 is 0 Å². The maximum Gasteiger partial charge on any atom is 0.242 e. The fourth-order valence-electron chi connectivity index (χ4n) is 3.73. The number of anilines is 1. The van der Waals surface area contributed by atoms with Gasteiger partial charge in [-0.2, -0.15) is 5.26 Å². The number of rotatable bonds is 7. The van der Waals surface area contributed by atoms with Gasteiger partial charge in [0.2, 0.25) is 11.8 Å². The number of fused-ring (bicyclic) bond motifs is 1. The minimum Gasteiger partial charge on any atom is -0.497 e. The molecular weight excluding hydrogens is 426 g/mol. The number of hydrogen-bond donors (Lipinski definition) is 1. The SMILES string of the molecule is COc1cccc(CCC(=O)Nc2sc3c(c2C#N)CCN(C(=O)Cn2ccnc2)C3)c1. The number of amides is 2. The first-order chi connectivity index (χ1) is 15.6. The fourth-order valence-corrected chi connectivity index (χ4v) is 4.96. The molecule has 2 amide bonds. The van der Waals surface area contributed by atoms with Crippen LogP contribution in [0.15, 0.2) is 43.0 Å². The van der Waals surface area contributed by atoms with Crippen molar-refractivity contribution in [3.8, 4) is 11.8 Å². The molecule has 0 bridgehead atoms. The van der Waals surface area contributed by atoms with Gasteiger partial charge in [0, 0.05) is 30.2 Å². The lowest BCUT2D eigenvalue weighted by Gasteiger charge is -2.27. The van der Waals surface area contributed by atoms with Crippen LogP contribution in [-0.4, -0.2) is 39.9 Å². The van der Waals surface area contributed by atoms with Crippen LogP contribution in [0.5, 0.6) is 5.75 Å². The number of carbonyl (C=O) groups is 2. The molecule has 0 aliphatic carbocycles. The van der Waals surface area contributed by atoms with Gasteiger partial charge in [0.25, 0.3) is 0 Å².